The molecule has 1 heterocycles. The molecule has 0 saturated heterocycles. The SMILES string of the molecule is CCc1cccc2c(C(C)=O)cn(C)c12. The highest BCUT2D eigenvalue weighted by molar-refractivity contribution is 6.07. The third-order valence-corrected chi connectivity index (χ3v) is 2.85. The van der Waals surface area contributed by atoms with Gasteiger partial charge in [-0.1, -0.05) is 25.1 Å². The van der Waals surface area contributed by atoms with Crippen molar-refractivity contribution in [3.05, 3.63) is 35.5 Å². The van der Waals surface area contributed by atoms with E-state index in [1.165, 1.54) is 11.1 Å². The van der Waals surface area contributed by atoms with Gasteiger partial charge in [0.2, 0.25) is 0 Å². The number of Topliss-reactive ketones (excluding diaryl/α,β-unsaturated/α-hetero) is 1. The highest BCUT2D eigenvalue weighted by Gasteiger charge is 2.11. The van der Waals surface area contributed by atoms with Gasteiger partial charge in [-0.05, 0) is 18.9 Å². The maximum Gasteiger partial charge on any atom is 0.161 e. The van der Waals surface area contributed by atoms with Crippen LogP contribution >= 0.6 is 0 Å². The van der Waals surface area contributed by atoms with E-state index in [9.17, 15) is 4.79 Å². The maximum absolute atomic E-state index is 11.5. The summed E-state index contributed by atoms with van der Waals surface area (Å²) < 4.78 is 2.05. The van der Waals surface area contributed by atoms with Gasteiger partial charge in [0.25, 0.3) is 0 Å². The Kier molecular flexibility index (Phi) is 2.35. The molecular weight excluding hydrogens is 186 g/mol. The second-order valence-corrected chi connectivity index (χ2v) is 3.88. The van der Waals surface area contributed by atoms with Crippen LogP contribution in [0.3, 0.4) is 0 Å². The van der Waals surface area contributed by atoms with Gasteiger partial charge in [0.1, 0.15) is 0 Å². The van der Waals surface area contributed by atoms with Crippen LogP contribution in [-0.4, -0.2) is 10.4 Å². The summed E-state index contributed by atoms with van der Waals surface area (Å²) in [6.07, 6.45) is 2.92. The van der Waals surface area contributed by atoms with Gasteiger partial charge in [0, 0.05) is 24.2 Å². The lowest BCUT2D eigenvalue weighted by Crippen LogP contribution is -1.89. The first kappa shape index (κ1) is 9.97. The van der Waals surface area contributed by atoms with Gasteiger partial charge in [-0.25, -0.2) is 0 Å². The van der Waals surface area contributed by atoms with Gasteiger partial charge in [0.15, 0.2) is 5.78 Å². The Hall–Kier alpha value is -1.57. The van der Waals surface area contributed by atoms with Crippen LogP contribution in [0.1, 0.15) is 29.8 Å². The lowest BCUT2D eigenvalue weighted by Gasteiger charge is -2.02. The van der Waals surface area contributed by atoms with Gasteiger partial charge < -0.3 is 4.57 Å². The number of nitrogens with zero attached hydrogens (tertiary/aromatic N) is 1. The largest absolute Gasteiger partial charge is 0.350 e. The molecule has 0 N–H and O–H groups in total. The average molecular weight is 201 g/mol. The molecule has 2 nitrogen and oxygen atoms in total. The van der Waals surface area contributed by atoms with Gasteiger partial charge >= 0.3 is 0 Å². The molecule has 0 radical (unpaired) electrons. The molecule has 1 aromatic heterocycles. The molecule has 0 aliphatic carbocycles. The van der Waals surface area contributed by atoms with Crippen LogP contribution in [0.2, 0.25) is 0 Å². The molecule has 0 bridgehead atoms. The van der Waals surface area contributed by atoms with E-state index in [2.05, 4.69) is 13.0 Å². The van der Waals surface area contributed by atoms with Crippen LogP contribution < -0.4 is 0 Å². The standard InChI is InChI=1S/C13H15NO/c1-4-10-6-5-7-11-12(9(2)15)8-14(3)13(10)11/h5-8H,4H2,1-3H3. The van der Waals surface area contributed by atoms with Crippen molar-refractivity contribution in [2.45, 2.75) is 20.3 Å². The predicted molar refractivity (Wildman–Crippen MR) is 62.3 cm³/mol. The molecule has 0 saturated carbocycles. The summed E-state index contributed by atoms with van der Waals surface area (Å²) in [7, 11) is 1.99. The molecule has 0 fully saturated rings. The number of aryl methyl sites for hydroxylation is 2. The Morgan fingerprint density at radius 3 is 2.73 bits per heavy atom. The smallest absolute Gasteiger partial charge is 0.161 e. The molecule has 0 aliphatic rings. The molecule has 78 valence electrons. The second-order valence-electron chi connectivity index (χ2n) is 3.88. The van der Waals surface area contributed by atoms with Gasteiger partial charge in [-0.3, -0.25) is 4.79 Å². The number of carbonyl (C=O) groups is 1. The number of rotatable bonds is 2. The van der Waals surface area contributed by atoms with Crippen molar-refractivity contribution >= 4 is 16.7 Å². The Morgan fingerprint density at radius 1 is 1.40 bits per heavy atom. The van der Waals surface area contributed by atoms with E-state index < -0.39 is 0 Å². The van der Waals surface area contributed by atoms with E-state index in [1.807, 2.05) is 29.9 Å². The van der Waals surface area contributed by atoms with E-state index in [4.69, 9.17) is 0 Å². The van der Waals surface area contributed by atoms with Crippen molar-refractivity contribution in [3.8, 4) is 0 Å². The van der Waals surface area contributed by atoms with E-state index in [0.717, 1.165) is 17.4 Å². The van der Waals surface area contributed by atoms with Gasteiger partial charge in [-0.15, -0.1) is 0 Å². The van der Waals surface area contributed by atoms with Crippen molar-refractivity contribution in [1.82, 2.24) is 4.57 Å². The Labute approximate surface area is 89.5 Å². The molecule has 1 aromatic carbocycles. The van der Waals surface area contributed by atoms with Crippen LogP contribution in [-0.2, 0) is 13.5 Å². The number of hydrogen-bond donors (Lipinski definition) is 0. The number of benzene rings is 1. The third-order valence-electron chi connectivity index (χ3n) is 2.85. The third kappa shape index (κ3) is 1.46. The van der Waals surface area contributed by atoms with Crippen LogP contribution in [0.5, 0.6) is 0 Å². The van der Waals surface area contributed by atoms with E-state index in [0.29, 0.717) is 0 Å². The molecule has 2 rings (SSSR count). The summed E-state index contributed by atoms with van der Waals surface area (Å²) in [5.74, 6) is 0.133. The summed E-state index contributed by atoms with van der Waals surface area (Å²) in [5, 5.41) is 1.07. The number of para-hydroxylation sites is 1. The zero-order chi connectivity index (χ0) is 11.0. The molecule has 2 aromatic rings. The van der Waals surface area contributed by atoms with Crippen molar-refractivity contribution < 1.29 is 4.79 Å². The van der Waals surface area contributed by atoms with Gasteiger partial charge in [-0.2, -0.15) is 0 Å². The van der Waals surface area contributed by atoms with Gasteiger partial charge in [0.05, 0.1) is 5.52 Å². The summed E-state index contributed by atoms with van der Waals surface area (Å²) in [6, 6.07) is 6.16. The molecule has 15 heavy (non-hydrogen) atoms. The van der Waals surface area contributed by atoms with E-state index in [-0.39, 0.29) is 5.78 Å². The van der Waals surface area contributed by atoms with E-state index >= 15 is 0 Å². The molecule has 0 amide bonds. The summed E-state index contributed by atoms with van der Waals surface area (Å²) in [5.41, 5.74) is 3.30. The normalized spacial score (nSPS) is 10.9. The Morgan fingerprint density at radius 2 is 2.13 bits per heavy atom. The number of ketones is 1. The zero-order valence-electron chi connectivity index (χ0n) is 9.37. The number of aromatic nitrogens is 1. The molecule has 0 atom stereocenters. The first-order valence-corrected chi connectivity index (χ1v) is 5.23. The topological polar surface area (TPSA) is 22.0 Å². The zero-order valence-corrected chi connectivity index (χ0v) is 9.37. The molecule has 0 unspecified atom stereocenters. The fourth-order valence-corrected chi connectivity index (χ4v) is 2.12. The molecular formula is C13H15NO. The Balaban J connectivity index is 2.85. The lowest BCUT2D eigenvalue weighted by molar-refractivity contribution is 0.101. The highest BCUT2D eigenvalue weighted by Crippen LogP contribution is 2.24. The minimum Gasteiger partial charge on any atom is -0.350 e. The van der Waals surface area contributed by atoms with Crippen LogP contribution in [0.15, 0.2) is 24.4 Å². The van der Waals surface area contributed by atoms with Crippen LogP contribution in [0.4, 0.5) is 0 Å². The number of fused-ring (bicyclic) bond motifs is 1. The Bertz CT molecular complexity index is 523. The summed E-state index contributed by atoms with van der Waals surface area (Å²) >= 11 is 0. The minimum absolute atomic E-state index is 0.133. The quantitative estimate of drug-likeness (QED) is 0.685. The molecule has 0 aliphatic heterocycles. The number of hydrogen-bond acceptors (Lipinski definition) is 1. The monoisotopic (exact) mass is 201 g/mol. The van der Waals surface area contributed by atoms with Crippen LogP contribution in [0.25, 0.3) is 10.9 Å². The van der Waals surface area contributed by atoms with Crippen molar-refractivity contribution in [2.24, 2.45) is 7.05 Å². The summed E-state index contributed by atoms with van der Waals surface area (Å²) in [4.78, 5) is 11.5. The first-order valence-electron chi connectivity index (χ1n) is 5.23. The highest BCUT2D eigenvalue weighted by atomic mass is 16.1. The first-order chi connectivity index (χ1) is 7.15. The fraction of sp³-hybridized carbons (Fsp3) is 0.308. The van der Waals surface area contributed by atoms with Crippen molar-refractivity contribution in [2.75, 3.05) is 0 Å². The van der Waals surface area contributed by atoms with E-state index in [1.54, 1.807) is 6.92 Å². The predicted octanol–water partition coefficient (Wildman–Crippen LogP) is 2.94. The fourth-order valence-electron chi connectivity index (χ4n) is 2.12. The van der Waals surface area contributed by atoms with Crippen molar-refractivity contribution in [1.29, 1.82) is 0 Å². The molecule has 0 spiro atoms. The number of carbonyl (C=O) groups excluding carboxylic acids is 1. The molecule has 2 heteroatoms. The van der Waals surface area contributed by atoms with Crippen LogP contribution in [0, 0.1) is 0 Å². The second kappa shape index (κ2) is 3.54. The maximum atomic E-state index is 11.5. The minimum atomic E-state index is 0.133. The van der Waals surface area contributed by atoms with Crippen molar-refractivity contribution in [3.63, 3.8) is 0 Å². The summed E-state index contributed by atoms with van der Waals surface area (Å²) in [6.45, 7) is 3.75. The lowest BCUT2D eigenvalue weighted by atomic mass is 10.1. The average Bonchev–Trinajstić information content (AvgIpc) is 2.56.